The first-order valence-corrected chi connectivity index (χ1v) is 8.75. The van der Waals surface area contributed by atoms with Crippen LogP contribution in [0.5, 0.6) is 0 Å². The Labute approximate surface area is 152 Å². The molecule has 0 saturated carbocycles. The molecule has 0 unspecified atom stereocenters. The van der Waals surface area contributed by atoms with Crippen molar-refractivity contribution in [3.8, 4) is 0 Å². The first-order valence-electron chi connectivity index (χ1n) is 8.75. The number of aliphatic hydroxyl groups excluding tert-OH is 2. The minimum absolute atomic E-state index is 0.158. The molecule has 3 atom stereocenters. The number of piperazine rings is 1. The van der Waals surface area contributed by atoms with Gasteiger partial charge in [-0.2, -0.15) is 9.97 Å². The van der Waals surface area contributed by atoms with Gasteiger partial charge in [0, 0.05) is 31.4 Å². The van der Waals surface area contributed by atoms with Gasteiger partial charge in [-0.1, -0.05) is 0 Å². The fourth-order valence-electron chi connectivity index (χ4n) is 3.38. The molecule has 1 saturated heterocycles. The second-order valence-corrected chi connectivity index (χ2v) is 6.72. The minimum Gasteiger partial charge on any atom is -0.388 e. The zero-order valence-corrected chi connectivity index (χ0v) is 15.5. The van der Waals surface area contributed by atoms with Gasteiger partial charge in [0.05, 0.1) is 0 Å². The Morgan fingerprint density at radius 1 is 1.15 bits per heavy atom. The standard InChI is InChI=1S/C17H25N7O2/c1-10-7-23(17-20-13(4)19-14(9-25)21-17)8-11(2)24(10)15-5-6-18-16(22-15)12(3)26/h5-6,10-12,25-26H,7-9H2,1-4H3/t10-,11+,12-/m1/s1. The zero-order valence-electron chi connectivity index (χ0n) is 15.5. The van der Waals surface area contributed by atoms with E-state index in [-0.39, 0.29) is 18.7 Å². The number of nitrogens with zero attached hydrogens (tertiary/aromatic N) is 7. The molecule has 1 aliphatic heterocycles. The first-order chi connectivity index (χ1) is 12.4. The van der Waals surface area contributed by atoms with Gasteiger partial charge in [-0.15, -0.1) is 0 Å². The van der Waals surface area contributed by atoms with E-state index in [2.05, 4.69) is 48.6 Å². The Morgan fingerprint density at radius 3 is 2.46 bits per heavy atom. The summed E-state index contributed by atoms with van der Waals surface area (Å²) in [6.45, 7) is 8.92. The maximum absolute atomic E-state index is 9.75. The summed E-state index contributed by atoms with van der Waals surface area (Å²) < 4.78 is 0. The summed E-state index contributed by atoms with van der Waals surface area (Å²) in [5.41, 5.74) is 0. The highest BCUT2D eigenvalue weighted by Gasteiger charge is 2.32. The van der Waals surface area contributed by atoms with Crippen LogP contribution >= 0.6 is 0 Å². The van der Waals surface area contributed by atoms with Crippen molar-refractivity contribution in [3.63, 3.8) is 0 Å². The number of aliphatic hydroxyl groups is 2. The normalized spacial score (nSPS) is 21.8. The van der Waals surface area contributed by atoms with E-state index >= 15 is 0 Å². The molecule has 140 valence electrons. The maximum Gasteiger partial charge on any atom is 0.229 e. The molecule has 0 amide bonds. The Balaban J connectivity index is 1.84. The zero-order chi connectivity index (χ0) is 18.8. The lowest BCUT2D eigenvalue weighted by atomic mass is 10.1. The second kappa shape index (κ2) is 7.46. The third-order valence-electron chi connectivity index (χ3n) is 4.42. The SMILES string of the molecule is Cc1nc(CO)nc(N2C[C@@H](C)N(c3ccnc([C@@H](C)O)n3)[C@@H](C)C2)n1. The van der Waals surface area contributed by atoms with E-state index in [4.69, 9.17) is 0 Å². The lowest BCUT2D eigenvalue weighted by Gasteiger charge is -2.45. The molecule has 3 rings (SSSR count). The number of aromatic nitrogens is 5. The molecule has 0 aromatic carbocycles. The predicted molar refractivity (Wildman–Crippen MR) is 96.8 cm³/mol. The lowest BCUT2D eigenvalue weighted by molar-refractivity contribution is 0.189. The highest BCUT2D eigenvalue weighted by Crippen LogP contribution is 2.25. The molecule has 2 N–H and O–H groups in total. The summed E-state index contributed by atoms with van der Waals surface area (Å²) >= 11 is 0. The molecular formula is C17H25N7O2. The summed E-state index contributed by atoms with van der Waals surface area (Å²) in [6, 6.07) is 2.18. The van der Waals surface area contributed by atoms with E-state index in [1.165, 1.54) is 0 Å². The van der Waals surface area contributed by atoms with Gasteiger partial charge in [-0.25, -0.2) is 15.0 Å². The molecular weight excluding hydrogens is 334 g/mol. The Hall–Kier alpha value is -2.39. The van der Waals surface area contributed by atoms with Gasteiger partial charge in [-0.05, 0) is 33.8 Å². The number of aryl methyl sites for hydroxylation is 1. The molecule has 1 fully saturated rings. The van der Waals surface area contributed by atoms with Gasteiger partial charge in [0.1, 0.15) is 24.4 Å². The van der Waals surface area contributed by atoms with E-state index in [9.17, 15) is 10.2 Å². The third-order valence-corrected chi connectivity index (χ3v) is 4.42. The molecule has 0 spiro atoms. The molecule has 2 aromatic heterocycles. The van der Waals surface area contributed by atoms with Gasteiger partial charge >= 0.3 is 0 Å². The van der Waals surface area contributed by atoms with Crippen molar-refractivity contribution in [2.75, 3.05) is 22.9 Å². The lowest BCUT2D eigenvalue weighted by Crippen LogP contribution is -2.57. The molecule has 2 aromatic rings. The summed E-state index contributed by atoms with van der Waals surface area (Å²) in [5.74, 6) is 2.79. The molecule has 9 heteroatoms. The first kappa shape index (κ1) is 18.4. The second-order valence-electron chi connectivity index (χ2n) is 6.72. The van der Waals surface area contributed by atoms with Crippen molar-refractivity contribution in [2.24, 2.45) is 0 Å². The quantitative estimate of drug-likeness (QED) is 0.811. The van der Waals surface area contributed by atoms with E-state index in [1.807, 2.05) is 6.07 Å². The molecule has 0 radical (unpaired) electrons. The van der Waals surface area contributed by atoms with Crippen molar-refractivity contribution >= 4 is 11.8 Å². The molecule has 9 nitrogen and oxygen atoms in total. The van der Waals surface area contributed by atoms with Gasteiger partial charge in [0.25, 0.3) is 0 Å². The fourth-order valence-corrected chi connectivity index (χ4v) is 3.38. The molecule has 26 heavy (non-hydrogen) atoms. The number of hydrogen-bond acceptors (Lipinski definition) is 9. The van der Waals surface area contributed by atoms with Crippen molar-refractivity contribution in [1.82, 2.24) is 24.9 Å². The van der Waals surface area contributed by atoms with E-state index < -0.39 is 6.10 Å². The smallest absolute Gasteiger partial charge is 0.229 e. The topological polar surface area (TPSA) is 111 Å². The highest BCUT2D eigenvalue weighted by molar-refractivity contribution is 5.45. The van der Waals surface area contributed by atoms with E-state index in [1.54, 1.807) is 20.0 Å². The van der Waals surface area contributed by atoms with Crippen molar-refractivity contribution < 1.29 is 10.2 Å². The van der Waals surface area contributed by atoms with Crippen LogP contribution in [-0.2, 0) is 6.61 Å². The third kappa shape index (κ3) is 3.73. The van der Waals surface area contributed by atoms with Crippen LogP contribution in [0.1, 0.15) is 44.3 Å². The van der Waals surface area contributed by atoms with Gasteiger partial charge in [0.2, 0.25) is 5.95 Å². The molecule has 0 bridgehead atoms. The van der Waals surface area contributed by atoms with Crippen LogP contribution in [0.25, 0.3) is 0 Å². The average Bonchev–Trinajstić information content (AvgIpc) is 2.60. The summed E-state index contributed by atoms with van der Waals surface area (Å²) in [6.07, 6.45) is 0.978. The highest BCUT2D eigenvalue weighted by atomic mass is 16.3. The molecule has 1 aliphatic rings. The van der Waals surface area contributed by atoms with Crippen LogP contribution in [0.4, 0.5) is 11.8 Å². The van der Waals surface area contributed by atoms with Crippen LogP contribution in [0.3, 0.4) is 0 Å². The van der Waals surface area contributed by atoms with Gasteiger partial charge < -0.3 is 20.0 Å². The minimum atomic E-state index is -0.702. The number of hydrogen-bond donors (Lipinski definition) is 2. The number of anilines is 2. The van der Waals surface area contributed by atoms with Crippen molar-refractivity contribution in [3.05, 3.63) is 29.7 Å². The predicted octanol–water partition coefficient (Wildman–Crippen LogP) is 0.619. The number of rotatable bonds is 4. The Kier molecular flexibility index (Phi) is 5.28. The Bertz CT molecular complexity index is 759. The Morgan fingerprint density at radius 2 is 1.85 bits per heavy atom. The summed E-state index contributed by atoms with van der Waals surface area (Å²) in [7, 11) is 0. The van der Waals surface area contributed by atoms with Crippen LogP contribution in [-0.4, -0.2) is 60.3 Å². The van der Waals surface area contributed by atoms with Crippen molar-refractivity contribution in [1.29, 1.82) is 0 Å². The van der Waals surface area contributed by atoms with Crippen LogP contribution in [0.2, 0.25) is 0 Å². The van der Waals surface area contributed by atoms with Crippen LogP contribution in [0, 0.1) is 6.92 Å². The molecule has 0 aliphatic carbocycles. The van der Waals surface area contributed by atoms with E-state index in [0.29, 0.717) is 36.5 Å². The van der Waals surface area contributed by atoms with Crippen molar-refractivity contribution in [2.45, 2.75) is 52.5 Å². The fraction of sp³-hybridized carbons (Fsp3) is 0.588. The van der Waals surface area contributed by atoms with Crippen LogP contribution in [0.15, 0.2) is 12.3 Å². The van der Waals surface area contributed by atoms with E-state index in [0.717, 1.165) is 5.82 Å². The van der Waals surface area contributed by atoms with Gasteiger partial charge in [0.15, 0.2) is 11.6 Å². The average molecular weight is 359 g/mol. The summed E-state index contributed by atoms with van der Waals surface area (Å²) in [5, 5.41) is 19.1. The monoisotopic (exact) mass is 359 g/mol. The molecule has 3 heterocycles. The largest absolute Gasteiger partial charge is 0.388 e. The van der Waals surface area contributed by atoms with Crippen LogP contribution < -0.4 is 9.80 Å². The maximum atomic E-state index is 9.75. The van der Waals surface area contributed by atoms with Gasteiger partial charge in [-0.3, -0.25) is 0 Å². The summed E-state index contributed by atoms with van der Waals surface area (Å²) in [4.78, 5) is 25.9.